The minimum atomic E-state index is -0.730. The minimum absolute atomic E-state index is 0.174. The average Bonchev–Trinajstić information content (AvgIpc) is 3.60. The second-order valence-electron chi connectivity index (χ2n) is 15.7. The van der Waals surface area contributed by atoms with Gasteiger partial charge in [0.15, 0.2) is 10.8 Å². The van der Waals surface area contributed by atoms with E-state index in [1.807, 2.05) is 101 Å². The van der Waals surface area contributed by atoms with E-state index in [1.165, 1.54) is 11.3 Å². The molecule has 2 aliphatic heterocycles. The smallest absolute Gasteiger partial charge is 0.358 e. The number of carbonyl (C=O) groups is 3. The minimum Gasteiger partial charge on any atom is -0.493 e. The Morgan fingerprint density at radius 2 is 1.77 bits per heavy atom. The van der Waals surface area contributed by atoms with E-state index in [1.54, 1.807) is 0 Å². The predicted octanol–water partition coefficient (Wildman–Crippen LogP) is 8.48. The first-order valence-corrected chi connectivity index (χ1v) is 20.6. The van der Waals surface area contributed by atoms with Gasteiger partial charge in [-0.15, -0.1) is 0 Å². The van der Waals surface area contributed by atoms with Gasteiger partial charge in [-0.1, -0.05) is 47.7 Å². The highest BCUT2D eigenvalue weighted by atomic mass is 32.1. The summed E-state index contributed by atoms with van der Waals surface area (Å²) in [5.41, 5.74) is 5.36. The zero-order chi connectivity index (χ0) is 40.1. The van der Waals surface area contributed by atoms with Crippen molar-refractivity contribution < 1.29 is 28.6 Å². The number of aromatic nitrogens is 2. The maximum atomic E-state index is 13.9. The van der Waals surface area contributed by atoms with Crippen molar-refractivity contribution in [3.8, 4) is 16.9 Å². The van der Waals surface area contributed by atoms with E-state index in [9.17, 15) is 14.4 Å². The second-order valence-corrected chi connectivity index (χ2v) is 16.8. The molecule has 1 saturated heterocycles. The van der Waals surface area contributed by atoms with Crippen LogP contribution in [0.4, 0.5) is 10.9 Å². The molecular formula is C45H51N5O6S. The molecule has 0 saturated carbocycles. The van der Waals surface area contributed by atoms with Gasteiger partial charge in [-0.3, -0.25) is 19.8 Å². The van der Waals surface area contributed by atoms with Crippen LogP contribution in [-0.2, 0) is 27.2 Å². The Bertz CT molecular complexity index is 2230. The molecule has 2 aromatic heterocycles. The van der Waals surface area contributed by atoms with Crippen molar-refractivity contribution in [2.75, 3.05) is 49.6 Å². The number of rotatable bonds is 12. The molecule has 57 heavy (non-hydrogen) atoms. The number of piperidine rings is 1. The van der Waals surface area contributed by atoms with Gasteiger partial charge in [0, 0.05) is 30.8 Å². The second kappa shape index (κ2) is 17.4. The van der Waals surface area contributed by atoms with Gasteiger partial charge in [-0.05, 0) is 131 Å². The fourth-order valence-electron chi connectivity index (χ4n) is 7.72. The molecule has 1 fully saturated rings. The van der Waals surface area contributed by atoms with Crippen LogP contribution in [0.5, 0.6) is 5.75 Å². The molecule has 7 rings (SSSR count). The fourth-order valence-corrected chi connectivity index (χ4v) is 8.58. The lowest BCUT2D eigenvalue weighted by Crippen LogP contribution is -2.39. The normalized spacial score (nSPS) is 15.9. The van der Waals surface area contributed by atoms with Crippen molar-refractivity contribution in [1.29, 1.82) is 0 Å². The number of hydrogen-bond donors (Lipinski definition) is 1. The molecule has 0 unspecified atom stereocenters. The Kier molecular flexibility index (Phi) is 12.2. The van der Waals surface area contributed by atoms with Crippen LogP contribution < -0.4 is 15.0 Å². The first-order chi connectivity index (χ1) is 27.5. The van der Waals surface area contributed by atoms with Gasteiger partial charge < -0.3 is 19.1 Å². The van der Waals surface area contributed by atoms with Crippen molar-refractivity contribution in [1.82, 2.24) is 14.9 Å². The van der Waals surface area contributed by atoms with E-state index < -0.39 is 11.6 Å². The number of carbonyl (C=O) groups excluding carboxylic acids is 3. The molecule has 11 nitrogen and oxygen atoms in total. The third-order valence-electron chi connectivity index (χ3n) is 10.4. The fraction of sp³-hybridized carbons (Fsp3) is 0.400. The monoisotopic (exact) mass is 789 g/mol. The summed E-state index contributed by atoms with van der Waals surface area (Å²) in [7, 11) is 0. The van der Waals surface area contributed by atoms with Gasteiger partial charge in [-0.25, -0.2) is 14.8 Å². The van der Waals surface area contributed by atoms with Gasteiger partial charge in [0.2, 0.25) is 0 Å². The topological polar surface area (TPSA) is 123 Å². The molecule has 4 heterocycles. The molecule has 0 radical (unpaired) electrons. The van der Waals surface area contributed by atoms with Crippen molar-refractivity contribution in [3.05, 3.63) is 101 Å². The summed E-state index contributed by atoms with van der Waals surface area (Å²) in [6.45, 7) is 13.5. The molecule has 0 spiro atoms. The number of benzene rings is 3. The summed E-state index contributed by atoms with van der Waals surface area (Å²) in [6, 6.07) is 23.4. The number of nitrogens with zero attached hydrogens (tertiary/aromatic N) is 4. The number of amides is 1. The molecule has 12 heteroatoms. The van der Waals surface area contributed by atoms with Crippen molar-refractivity contribution in [2.24, 2.45) is 5.92 Å². The molecule has 5 aromatic rings. The highest BCUT2D eigenvalue weighted by Crippen LogP contribution is 2.36. The van der Waals surface area contributed by atoms with Crippen molar-refractivity contribution >= 4 is 50.3 Å². The summed E-state index contributed by atoms with van der Waals surface area (Å²) in [6.07, 6.45) is 3.72. The summed E-state index contributed by atoms with van der Waals surface area (Å²) < 4.78 is 18.5. The third-order valence-corrected chi connectivity index (χ3v) is 11.4. The Hall–Kier alpha value is -5.33. The maximum Gasteiger partial charge on any atom is 0.358 e. The standard InChI is InChI=1S/C45H51N5O6S/c1-6-54-40(51)28-49-23-11-12-30(26-49)22-25-55-37-17-10-14-32(29(37)2)33-19-20-39(47-41(33)43(53)56-45(3,4)5)50-24-21-31-13-9-15-34(35(31)27-50)42(52)48-44-46-36-16-7-8-18-38(36)57-44/h7-10,13-20,30H,6,11-12,21-28H2,1-5H3,(H,46,48,52)/t30-/m0/s1. The molecule has 1 amide bonds. The average molecular weight is 790 g/mol. The van der Waals surface area contributed by atoms with E-state index in [2.05, 4.69) is 26.2 Å². The zero-order valence-electron chi connectivity index (χ0n) is 33.4. The van der Waals surface area contributed by atoms with Crippen LogP contribution in [0.3, 0.4) is 0 Å². The molecule has 3 aromatic carbocycles. The quantitative estimate of drug-likeness (QED) is 0.123. The van der Waals surface area contributed by atoms with Crippen LogP contribution in [0.25, 0.3) is 21.3 Å². The lowest BCUT2D eigenvalue weighted by molar-refractivity contribution is -0.144. The summed E-state index contributed by atoms with van der Waals surface area (Å²) in [5.74, 6) is 0.905. The molecule has 1 atom stereocenters. The molecule has 298 valence electrons. The molecule has 0 bridgehead atoms. The Morgan fingerprint density at radius 3 is 2.58 bits per heavy atom. The van der Waals surface area contributed by atoms with Crippen LogP contribution in [-0.4, -0.2) is 77.7 Å². The number of esters is 2. The predicted molar refractivity (Wildman–Crippen MR) is 224 cm³/mol. The number of pyridine rings is 1. The largest absolute Gasteiger partial charge is 0.493 e. The van der Waals surface area contributed by atoms with E-state index in [0.717, 1.165) is 70.6 Å². The first-order valence-electron chi connectivity index (χ1n) is 19.8. The van der Waals surface area contributed by atoms with E-state index >= 15 is 0 Å². The number of fused-ring (bicyclic) bond motifs is 2. The van der Waals surface area contributed by atoms with Crippen LogP contribution >= 0.6 is 11.3 Å². The lowest BCUT2D eigenvalue weighted by Gasteiger charge is -2.32. The Labute approximate surface area is 338 Å². The van der Waals surface area contributed by atoms with Crippen LogP contribution in [0.2, 0.25) is 0 Å². The first kappa shape index (κ1) is 39.9. The Morgan fingerprint density at radius 1 is 0.947 bits per heavy atom. The summed E-state index contributed by atoms with van der Waals surface area (Å²) in [5, 5.41) is 3.57. The molecule has 1 N–H and O–H groups in total. The number of anilines is 2. The third kappa shape index (κ3) is 9.62. The Balaban J connectivity index is 1.10. The zero-order valence-corrected chi connectivity index (χ0v) is 34.2. The summed E-state index contributed by atoms with van der Waals surface area (Å²) >= 11 is 1.45. The molecule has 2 aliphatic rings. The number of para-hydroxylation sites is 1. The van der Waals surface area contributed by atoms with Crippen LogP contribution in [0.15, 0.2) is 72.8 Å². The number of likely N-dealkylation sites (tertiary alicyclic amines) is 1. The molecular weight excluding hydrogens is 739 g/mol. The van der Waals surface area contributed by atoms with Crippen LogP contribution in [0.1, 0.15) is 84.5 Å². The van der Waals surface area contributed by atoms with Gasteiger partial charge >= 0.3 is 11.9 Å². The maximum absolute atomic E-state index is 13.9. The highest BCUT2D eigenvalue weighted by molar-refractivity contribution is 7.22. The number of hydrogen-bond acceptors (Lipinski definition) is 11. The SMILES string of the molecule is CCOC(=O)CN1CCC[C@@H](CCOc2cccc(-c3ccc(N4CCc5cccc(C(=O)Nc6nc7ccccc7s6)c5C4)nc3C(=O)OC(C)(C)C)c2C)C1. The number of nitrogens with one attached hydrogen (secondary N) is 1. The van der Waals surface area contributed by atoms with E-state index in [4.69, 9.17) is 19.2 Å². The van der Waals surface area contributed by atoms with Crippen LogP contribution in [0, 0.1) is 12.8 Å². The van der Waals surface area contributed by atoms with Gasteiger partial charge in [0.05, 0.1) is 30.0 Å². The van der Waals surface area contributed by atoms with Gasteiger partial charge in [0.1, 0.15) is 17.2 Å². The summed E-state index contributed by atoms with van der Waals surface area (Å²) in [4.78, 5) is 53.5. The van der Waals surface area contributed by atoms with E-state index in [-0.39, 0.29) is 17.6 Å². The lowest BCUT2D eigenvalue weighted by atomic mass is 9.94. The van der Waals surface area contributed by atoms with E-state index in [0.29, 0.717) is 67.3 Å². The van der Waals surface area contributed by atoms with Crippen molar-refractivity contribution in [3.63, 3.8) is 0 Å². The number of ether oxygens (including phenoxy) is 3. The van der Waals surface area contributed by atoms with Crippen molar-refractivity contribution in [2.45, 2.75) is 72.4 Å². The number of thiazole rings is 1. The van der Waals surface area contributed by atoms with Gasteiger partial charge in [0.25, 0.3) is 5.91 Å². The highest BCUT2D eigenvalue weighted by Gasteiger charge is 2.28. The van der Waals surface area contributed by atoms with Gasteiger partial charge in [-0.2, -0.15) is 0 Å². The molecule has 0 aliphatic carbocycles.